The van der Waals surface area contributed by atoms with E-state index in [1.165, 1.54) is 28.3 Å². The van der Waals surface area contributed by atoms with Crippen LogP contribution < -0.4 is 10.1 Å². The molecule has 2 aromatic carbocycles. The van der Waals surface area contributed by atoms with Crippen LogP contribution in [0.5, 0.6) is 5.88 Å². The van der Waals surface area contributed by atoms with Crippen LogP contribution in [0.2, 0.25) is 0 Å². The largest absolute Gasteiger partial charge is 0.473 e. The van der Waals surface area contributed by atoms with Crippen LogP contribution in [-0.2, 0) is 13.0 Å². The molecular weight excluding hydrogens is 424 g/mol. The molecule has 0 bridgehead atoms. The number of benzene rings is 2. The average Bonchev–Trinajstić information content (AvgIpc) is 3.33. The van der Waals surface area contributed by atoms with E-state index in [1.807, 2.05) is 31.2 Å². The summed E-state index contributed by atoms with van der Waals surface area (Å²) in [6.07, 6.45) is 1.78. The number of nitrogens with one attached hydrogen (secondary N) is 1. The van der Waals surface area contributed by atoms with E-state index in [9.17, 15) is 13.6 Å². The number of ether oxygens (including phenoxy) is 1. The minimum Gasteiger partial charge on any atom is -0.473 e. The Morgan fingerprint density at radius 3 is 2.67 bits per heavy atom. The van der Waals surface area contributed by atoms with Gasteiger partial charge in [-0.15, -0.1) is 0 Å². The Labute approximate surface area is 190 Å². The van der Waals surface area contributed by atoms with Gasteiger partial charge in [0.15, 0.2) is 0 Å². The summed E-state index contributed by atoms with van der Waals surface area (Å²) in [5.74, 6) is -1.25. The first-order valence-electron chi connectivity index (χ1n) is 10.9. The fraction of sp³-hybridized carbons (Fsp3) is 0.231. The molecule has 5 nitrogen and oxygen atoms in total. The van der Waals surface area contributed by atoms with Gasteiger partial charge < -0.3 is 10.1 Å². The fourth-order valence-electron chi connectivity index (χ4n) is 4.50. The number of carbonyl (C=O) groups excluding carboxylic acids is 1. The molecule has 2 aromatic heterocycles. The number of hydrogen-bond acceptors (Lipinski definition) is 3. The van der Waals surface area contributed by atoms with Gasteiger partial charge in [0.25, 0.3) is 5.91 Å². The number of aryl methyl sites for hydroxylation is 3. The molecule has 2 heterocycles. The zero-order valence-electron chi connectivity index (χ0n) is 18.4. The maximum absolute atomic E-state index is 14.0. The highest BCUT2D eigenvalue weighted by Gasteiger charge is 2.27. The summed E-state index contributed by atoms with van der Waals surface area (Å²) in [4.78, 5) is 13.3. The molecular formula is C26H23F2N3O2. The van der Waals surface area contributed by atoms with E-state index >= 15 is 0 Å². The third-order valence-electron chi connectivity index (χ3n) is 6.11. The van der Waals surface area contributed by atoms with E-state index < -0.39 is 11.6 Å². The Hall–Kier alpha value is -3.74. The predicted molar refractivity (Wildman–Crippen MR) is 120 cm³/mol. The van der Waals surface area contributed by atoms with Gasteiger partial charge in [-0.2, -0.15) is 9.61 Å². The van der Waals surface area contributed by atoms with E-state index in [2.05, 4.69) is 16.5 Å². The minimum atomic E-state index is -0.674. The smallest absolute Gasteiger partial charge is 0.255 e. The van der Waals surface area contributed by atoms with Gasteiger partial charge in [-0.25, -0.2) is 8.78 Å². The fourth-order valence-corrected chi connectivity index (χ4v) is 4.50. The molecule has 1 amide bonds. The van der Waals surface area contributed by atoms with Crippen molar-refractivity contribution in [2.75, 3.05) is 0 Å². The quantitative estimate of drug-likeness (QED) is 0.456. The number of aromatic nitrogens is 2. The van der Waals surface area contributed by atoms with Crippen molar-refractivity contribution in [1.29, 1.82) is 0 Å². The van der Waals surface area contributed by atoms with E-state index in [4.69, 9.17) is 4.74 Å². The van der Waals surface area contributed by atoms with Crippen LogP contribution in [-0.4, -0.2) is 15.5 Å². The number of halogens is 2. The van der Waals surface area contributed by atoms with E-state index in [0.29, 0.717) is 22.7 Å². The Morgan fingerprint density at radius 2 is 1.88 bits per heavy atom. The van der Waals surface area contributed by atoms with E-state index in [1.54, 1.807) is 13.0 Å². The van der Waals surface area contributed by atoms with Gasteiger partial charge in [0.05, 0.1) is 28.4 Å². The highest BCUT2D eigenvalue weighted by Crippen LogP contribution is 2.32. The lowest BCUT2D eigenvalue weighted by Gasteiger charge is -2.14. The molecule has 0 fully saturated rings. The van der Waals surface area contributed by atoms with E-state index in [-0.39, 0.29) is 24.1 Å². The summed E-state index contributed by atoms with van der Waals surface area (Å²) < 4.78 is 35.3. The molecule has 5 rings (SSSR count). The molecule has 33 heavy (non-hydrogen) atoms. The summed E-state index contributed by atoms with van der Waals surface area (Å²) in [5.41, 5.74) is 4.68. The van der Waals surface area contributed by atoms with Crippen LogP contribution in [0.25, 0.3) is 5.52 Å². The third kappa shape index (κ3) is 3.84. The maximum Gasteiger partial charge on any atom is 0.255 e. The van der Waals surface area contributed by atoms with Gasteiger partial charge in [0.1, 0.15) is 18.2 Å². The lowest BCUT2D eigenvalue weighted by atomic mass is 10.1. The summed E-state index contributed by atoms with van der Waals surface area (Å²) >= 11 is 0. The standard InChI is InChI=1S/C26H23F2N3O2/c1-15-12-23-25(26(32)29-22-11-10-17-6-3-4-7-18(17)22)16(2)30-31(23)24(13-15)33-14-19-20(27)8-5-9-21(19)28/h3-9,12-13,22H,10-11,14H2,1-2H3,(H,29,32)/t22-/m1/s1. The van der Waals surface area contributed by atoms with Crippen molar-refractivity contribution < 1.29 is 18.3 Å². The van der Waals surface area contributed by atoms with Crippen molar-refractivity contribution in [3.05, 3.63) is 99.7 Å². The average molecular weight is 447 g/mol. The number of fused-ring (bicyclic) bond motifs is 2. The highest BCUT2D eigenvalue weighted by molar-refractivity contribution is 6.02. The van der Waals surface area contributed by atoms with Gasteiger partial charge in [0.2, 0.25) is 5.88 Å². The van der Waals surface area contributed by atoms with Crippen LogP contribution in [0.4, 0.5) is 8.78 Å². The van der Waals surface area contributed by atoms with Crippen molar-refractivity contribution in [2.45, 2.75) is 39.3 Å². The normalized spacial score (nSPS) is 15.0. The molecule has 0 radical (unpaired) electrons. The van der Waals surface area contributed by atoms with Crippen LogP contribution in [0, 0.1) is 25.5 Å². The Morgan fingerprint density at radius 1 is 1.12 bits per heavy atom. The zero-order valence-corrected chi connectivity index (χ0v) is 18.4. The lowest BCUT2D eigenvalue weighted by Crippen LogP contribution is -2.27. The highest BCUT2D eigenvalue weighted by atomic mass is 19.1. The maximum atomic E-state index is 14.0. The van der Waals surface area contributed by atoms with Crippen molar-refractivity contribution in [3.63, 3.8) is 0 Å². The van der Waals surface area contributed by atoms with Crippen molar-refractivity contribution in [2.24, 2.45) is 0 Å². The first-order chi connectivity index (χ1) is 15.9. The molecule has 0 aliphatic heterocycles. The number of hydrogen-bond donors (Lipinski definition) is 1. The number of rotatable bonds is 5. The second-order valence-electron chi connectivity index (χ2n) is 8.38. The lowest BCUT2D eigenvalue weighted by molar-refractivity contribution is 0.0938. The van der Waals surface area contributed by atoms with Gasteiger partial charge in [-0.1, -0.05) is 30.3 Å². The molecule has 4 aromatic rings. The molecule has 1 atom stereocenters. The molecule has 1 aliphatic rings. The van der Waals surface area contributed by atoms with Crippen LogP contribution in [0.3, 0.4) is 0 Å². The molecule has 1 N–H and O–H groups in total. The van der Waals surface area contributed by atoms with Crippen LogP contribution in [0.1, 0.15) is 50.8 Å². The third-order valence-corrected chi connectivity index (χ3v) is 6.11. The minimum absolute atomic E-state index is 0.0485. The summed E-state index contributed by atoms with van der Waals surface area (Å²) in [5, 5.41) is 7.64. The molecule has 0 unspecified atom stereocenters. The zero-order chi connectivity index (χ0) is 23.1. The summed E-state index contributed by atoms with van der Waals surface area (Å²) in [7, 11) is 0. The SMILES string of the molecule is Cc1cc(OCc2c(F)cccc2F)n2nc(C)c(C(=O)N[C@@H]3CCc4ccccc43)c2c1. The number of nitrogens with zero attached hydrogens (tertiary/aromatic N) is 2. The number of carbonyl (C=O) groups is 1. The van der Waals surface area contributed by atoms with Crippen molar-refractivity contribution in [3.8, 4) is 5.88 Å². The Kier molecular flexibility index (Phi) is 5.32. The molecule has 0 saturated heterocycles. The molecule has 7 heteroatoms. The summed E-state index contributed by atoms with van der Waals surface area (Å²) in [6.45, 7) is 3.34. The van der Waals surface area contributed by atoms with Crippen LogP contribution in [0.15, 0.2) is 54.6 Å². The second-order valence-corrected chi connectivity index (χ2v) is 8.38. The number of pyridine rings is 1. The molecule has 0 saturated carbocycles. The number of amides is 1. The molecule has 168 valence electrons. The van der Waals surface area contributed by atoms with Crippen LogP contribution >= 0.6 is 0 Å². The second kappa shape index (κ2) is 8.31. The van der Waals surface area contributed by atoms with E-state index in [0.717, 1.165) is 24.0 Å². The predicted octanol–water partition coefficient (Wildman–Crippen LogP) is 5.23. The van der Waals surface area contributed by atoms with Crippen molar-refractivity contribution in [1.82, 2.24) is 14.9 Å². The monoisotopic (exact) mass is 447 g/mol. The molecule has 1 aliphatic carbocycles. The van der Waals surface area contributed by atoms with Crippen molar-refractivity contribution >= 4 is 11.4 Å². The topological polar surface area (TPSA) is 55.6 Å². The van der Waals surface area contributed by atoms with Gasteiger partial charge in [-0.3, -0.25) is 4.79 Å². The van der Waals surface area contributed by atoms with Gasteiger partial charge >= 0.3 is 0 Å². The molecule has 0 spiro atoms. The van der Waals surface area contributed by atoms with Gasteiger partial charge in [-0.05, 0) is 61.6 Å². The van der Waals surface area contributed by atoms with Gasteiger partial charge in [0, 0.05) is 6.07 Å². The first-order valence-corrected chi connectivity index (χ1v) is 10.9. The summed E-state index contributed by atoms with van der Waals surface area (Å²) in [6, 6.07) is 15.4. The Balaban J connectivity index is 1.45. The first kappa shape index (κ1) is 21.1. The Bertz CT molecular complexity index is 1360.